The van der Waals surface area contributed by atoms with Crippen LogP contribution in [0.15, 0.2) is 12.1 Å². The van der Waals surface area contributed by atoms with Crippen LogP contribution in [0.25, 0.3) is 0 Å². The van der Waals surface area contributed by atoms with Crippen molar-refractivity contribution in [2.75, 3.05) is 33.7 Å². The minimum atomic E-state index is -1.56. The monoisotopic (exact) mass is 302 g/mol. The van der Waals surface area contributed by atoms with Crippen LogP contribution in [0.1, 0.15) is 24.2 Å². The number of halogens is 3. The number of rotatable bonds is 6. The lowest BCUT2D eigenvalue weighted by Crippen LogP contribution is -2.39. The molecule has 3 nitrogen and oxygen atoms in total. The van der Waals surface area contributed by atoms with Gasteiger partial charge in [-0.25, -0.2) is 13.2 Å². The molecule has 0 atom stereocenters. The van der Waals surface area contributed by atoms with Crippen molar-refractivity contribution in [3.8, 4) is 0 Å². The van der Waals surface area contributed by atoms with Gasteiger partial charge in [-0.2, -0.15) is 0 Å². The number of carbonyl (C=O) groups is 1. The molecule has 6 heteroatoms. The molecule has 0 N–H and O–H groups in total. The highest BCUT2D eigenvalue weighted by molar-refractivity contribution is 5.94. The van der Waals surface area contributed by atoms with E-state index in [4.69, 9.17) is 0 Å². The standard InChI is InChI=1S/C15H21F3N2O/c1-10(2)9-20(6-5-19(3)4)15(21)11-7-12(16)14(18)13(17)8-11/h7-8,10H,5-6,9H2,1-4H3. The summed E-state index contributed by atoms with van der Waals surface area (Å²) < 4.78 is 39.5. The molecule has 1 amide bonds. The molecule has 0 spiro atoms. The van der Waals surface area contributed by atoms with Gasteiger partial charge in [-0.05, 0) is 32.1 Å². The van der Waals surface area contributed by atoms with E-state index in [1.54, 1.807) is 0 Å². The van der Waals surface area contributed by atoms with Crippen molar-refractivity contribution in [3.05, 3.63) is 35.1 Å². The number of likely N-dealkylation sites (N-methyl/N-ethyl adjacent to an activating group) is 1. The minimum absolute atomic E-state index is 0.175. The largest absolute Gasteiger partial charge is 0.337 e. The molecule has 0 radical (unpaired) electrons. The molecule has 0 bridgehead atoms. The van der Waals surface area contributed by atoms with Gasteiger partial charge in [-0.1, -0.05) is 13.8 Å². The number of carbonyl (C=O) groups excluding carboxylic acids is 1. The fourth-order valence-corrected chi connectivity index (χ4v) is 1.90. The van der Waals surface area contributed by atoms with E-state index in [0.717, 1.165) is 12.1 Å². The predicted octanol–water partition coefficient (Wildman–Crippen LogP) is 2.76. The zero-order valence-electron chi connectivity index (χ0n) is 12.8. The molecule has 0 aliphatic rings. The number of hydrogen-bond donors (Lipinski definition) is 0. The SMILES string of the molecule is CC(C)CN(CCN(C)C)C(=O)c1cc(F)c(F)c(F)c1. The lowest BCUT2D eigenvalue weighted by atomic mass is 10.1. The van der Waals surface area contributed by atoms with Crippen molar-refractivity contribution >= 4 is 5.91 Å². The van der Waals surface area contributed by atoms with Crippen molar-refractivity contribution < 1.29 is 18.0 Å². The zero-order valence-corrected chi connectivity index (χ0v) is 12.8. The highest BCUT2D eigenvalue weighted by Gasteiger charge is 2.20. The molecular formula is C15H21F3N2O. The van der Waals surface area contributed by atoms with Gasteiger partial charge < -0.3 is 9.80 Å². The van der Waals surface area contributed by atoms with Crippen LogP contribution in [-0.4, -0.2) is 49.4 Å². The smallest absolute Gasteiger partial charge is 0.254 e. The first-order chi connectivity index (χ1) is 9.72. The summed E-state index contributed by atoms with van der Waals surface area (Å²) in [7, 11) is 3.74. The van der Waals surface area contributed by atoms with Gasteiger partial charge in [0.05, 0.1) is 0 Å². The van der Waals surface area contributed by atoms with E-state index in [1.165, 1.54) is 4.90 Å². The fraction of sp³-hybridized carbons (Fsp3) is 0.533. The minimum Gasteiger partial charge on any atom is -0.337 e. The second-order valence-electron chi connectivity index (χ2n) is 5.70. The Morgan fingerprint density at radius 2 is 1.62 bits per heavy atom. The number of nitrogens with zero attached hydrogens (tertiary/aromatic N) is 2. The van der Waals surface area contributed by atoms with E-state index in [0.29, 0.717) is 19.6 Å². The zero-order chi connectivity index (χ0) is 16.2. The molecule has 0 heterocycles. The molecule has 0 aliphatic heterocycles. The van der Waals surface area contributed by atoms with Crippen LogP contribution >= 0.6 is 0 Å². The summed E-state index contributed by atoms with van der Waals surface area (Å²) in [6.07, 6.45) is 0. The van der Waals surface area contributed by atoms with Gasteiger partial charge in [0, 0.05) is 25.2 Å². The van der Waals surface area contributed by atoms with E-state index < -0.39 is 23.4 Å². The number of benzene rings is 1. The third-order valence-electron chi connectivity index (χ3n) is 2.92. The topological polar surface area (TPSA) is 23.6 Å². The Hall–Kier alpha value is -1.56. The van der Waals surface area contributed by atoms with E-state index in [9.17, 15) is 18.0 Å². The molecule has 1 aromatic carbocycles. The van der Waals surface area contributed by atoms with Crippen molar-refractivity contribution in [1.29, 1.82) is 0 Å². The molecule has 0 unspecified atom stereocenters. The average Bonchev–Trinajstić information content (AvgIpc) is 2.38. The number of amides is 1. The van der Waals surface area contributed by atoms with Crippen LogP contribution in [0.2, 0.25) is 0 Å². The van der Waals surface area contributed by atoms with Crippen LogP contribution < -0.4 is 0 Å². The first-order valence-corrected chi connectivity index (χ1v) is 6.81. The van der Waals surface area contributed by atoms with Gasteiger partial charge >= 0.3 is 0 Å². The van der Waals surface area contributed by atoms with Crippen LogP contribution in [0, 0.1) is 23.4 Å². The molecule has 0 saturated heterocycles. The maximum Gasteiger partial charge on any atom is 0.254 e. The number of hydrogen-bond acceptors (Lipinski definition) is 2. The summed E-state index contributed by atoms with van der Waals surface area (Å²) in [5, 5.41) is 0. The highest BCUT2D eigenvalue weighted by Crippen LogP contribution is 2.16. The Labute approximate surface area is 123 Å². The summed E-state index contributed by atoms with van der Waals surface area (Å²) in [6, 6.07) is 1.48. The molecule has 0 aliphatic carbocycles. The quantitative estimate of drug-likeness (QED) is 0.754. The first kappa shape index (κ1) is 17.5. The van der Waals surface area contributed by atoms with Gasteiger partial charge in [0.15, 0.2) is 17.5 Å². The Morgan fingerprint density at radius 1 is 1.10 bits per heavy atom. The van der Waals surface area contributed by atoms with Crippen molar-refractivity contribution in [2.24, 2.45) is 5.92 Å². The summed E-state index contributed by atoms with van der Waals surface area (Å²) in [5.41, 5.74) is -0.175. The molecule has 1 aromatic rings. The maximum absolute atomic E-state index is 13.2. The lowest BCUT2D eigenvalue weighted by molar-refractivity contribution is 0.0723. The second kappa shape index (κ2) is 7.45. The van der Waals surface area contributed by atoms with E-state index in [1.807, 2.05) is 32.8 Å². The molecule has 0 aromatic heterocycles. The van der Waals surface area contributed by atoms with Crippen molar-refractivity contribution in [2.45, 2.75) is 13.8 Å². The highest BCUT2D eigenvalue weighted by atomic mass is 19.2. The van der Waals surface area contributed by atoms with Crippen LogP contribution in [0.5, 0.6) is 0 Å². The normalized spacial score (nSPS) is 11.3. The lowest BCUT2D eigenvalue weighted by Gasteiger charge is -2.26. The van der Waals surface area contributed by atoms with Gasteiger partial charge in [-0.15, -0.1) is 0 Å². The summed E-state index contributed by atoms with van der Waals surface area (Å²) in [4.78, 5) is 15.8. The Balaban J connectivity index is 2.98. The molecule has 0 fully saturated rings. The average molecular weight is 302 g/mol. The summed E-state index contributed by atoms with van der Waals surface area (Å²) >= 11 is 0. The van der Waals surface area contributed by atoms with Crippen molar-refractivity contribution in [3.63, 3.8) is 0 Å². The molecule has 118 valence electrons. The van der Waals surface area contributed by atoms with Crippen molar-refractivity contribution in [1.82, 2.24) is 9.80 Å². The predicted molar refractivity (Wildman–Crippen MR) is 75.6 cm³/mol. The summed E-state index contributed by atoms with van der Waals surface area (Å²) in [5.74, 6) is -4.55. The van der Waals surface area contributed by atoms with Gasteiger partial charge in [-0.3, -0.25) is 4.79 Å². The molecule has 21 heavy (non-hydrogen) atoms. The molecule has 0 saturated carbocycles. The van der Waals surface area contributed by atoms with E-state index in [2.05, 4.69) is 0 Å². The van der Waals surface area contributed by atoms with Crippen LogP contribution in [-0.2, 0) is 0 Å². The van der Waals surface area contributed by atoms with Crippen LogP contribution in [0.3, 0.4) is 0 Å². The Morgan fingerprint density at radius 3 is 2.05 bits per heavy atom. The van der Waals surface area contributed by atoms with Gasteiger partial charge in [0.2, 0.25) is 0 Å². The maximum atomic E-state index is 13.2. The van der Waals surface area contributed by atoms with Gasteiger partial charge in [0.1, 0.15) is 0 Å². The Kier molecular flexibility index (Phi) is 6.20. The van der Waals surface area contributed by atoms with Crippen LogP contribution in [0.4, 0.5) is 13.2 Å². The fourth-order valence-electron chi connectivity index (χ4n) is 1.90. The summed E-state index contributed by atoms with van der Waals surface area (Å²) in [6.45, 7) is 5.42. The molecule has 1 rings (SSSR count). The second-order valence-corrected chi connectivity index (χ2v) is 5.70. The first-order valence-electron chi connectivity index (χ1n) is 6.81. The Bertz CT molecular complexity index is 481. The van der Waals surface area contributed by atoms with E-state index >= 15 is 0 Å². The third-order valence-corrected chi connectivity index (χ3v) is 2.92. The molecular weight excluding hydrogens is 281 g/mol. The van der Waals surface area contributed by atoms with Gasteiger partial charge in [0.25, 0.3) is 5.91 Å². The third kappa shape index (κ3) is 5.04. The van der Waals surface area contributed by atoms with E-state index in [-0.39, 0.29) is 11.5 Å².